The Kier molecular flexibility index (Phi) is 5.81. The van der Waals surface area contributed by atoms with Crippen LogP contribution in [0.1, 0.15) is 51.0 Å². The second kappa shape index (κ2) is 7.61. The Balaban J connectivity index is 1.74. The second-order valence-electron chi connectivity index (χ2n) is 5.86. The van der Waals surface area contributed by atoms with Crippen molar-refractivity contribution in [3.63, 3.8) is 0 Å². The molecule has 0 saturated heterocycles. The summed E-state index contributed by atoms with van der Waals surface area (Å²) in [7, 11) is 0. The third kappa shape index (κ3) is 4.77. The van der Waals surface area contributed by atoms with E-state index in [1.165, 1.54) is 44.1 Å². The summed E-state index contributed by atoms with van der Waals surface area (Å²) in [4.78, 5) is 0. The molecule has 112 valence electrons. The van der Waals surface area contributed by atoms with E-state index in [-0.39, 0.29) is 5.75 Å². The number of rotatable bonds is 6. The van der Waals surface area contributed by atoms with Gasteiger partial charge in [-0.05, 0) is 42.4 Å². The second-order valence-corrected chi connectivity index (χ2v) is 5.86. The van der Waals surface area contributed by atoms with E-state index in [2.05, 4.69) is 11.7 Å². The number of benzene rings is 1. The molecule has 0 aliphatic heterocycles. The smallest absolute Gasteiger partial charge is 0.387 e. The Morgan fingerprint density at radius 3 is 2.20 bits per heavy atom. The highest BCUT2D eigenvalue weighted by atomic mass is 19.3. The minimum atomic E-state index is -2.74. The zero-order chi connectivity index (χ0) is 14.4. The highest BCUT2D eigenvalue weighted by Crippen LogP contribution is 2.33. The quantitative estimate of drug-likeness (QED) is 0.675. The maximum atomic E-state index is 12.1. The fraction of sp³-hybridized carbons (Fsp3) is 0.647. The molecule has 0 aromatic heterocycles. The summed E-state index contributed by atoms with van der Waals surface area (Å²) < 4.78 is 28.5. The Hall–Kier alpha value is -1.12. The van der Waals surface area contributed by atoms with Gasteiger partial charge in [0.15, 0.2) is 0 Å². The highest BCUT2D eigenvalue weighted by molar-refractivity contribution is 5.27. The van der Waals surface area contributed by atoms with E-state index in [9.17, 15) is 8.78 Å². The Bertz CT molecular complexity index is 380. The SMILES string of the molecule is CC[C@H]1CC[C@H](CCc2ccc(OC(F)F)cc2)CC1. The van der Waals surface area contributed by atoms with Gasteiger partial charge in [0.05, 0.1) is 0 Å². The number of alkyl halides is 2. The maximum absolute atomic E-state index is 12.1. The van der Waals surface area contributed by atoms with Gasteiger partial charge in [-0.2, -0.15) is 8.78 Å². The molecular weight excluding hydrogens is 258 g/mol. The van der Waals surface area contributed by atoms with Gasteiger partial charge >= 0.3 is 6.61 Å². The van der Waals surface area contributed by atoms with Crippen molar-refractivity contribution in [1.29, 1.82) is 0 Å². The summed E-state index contributed by atoms with van der Waals surface area (Å²) in [6.45, 7) is -0.455. The van der Waals surface area contributed by atoms with E-state index in [1.54, 1.807) is 12.1 Å². The van der Waals surface area contributed by atoms with E-state index in [4.69, 9.17) is 0 Å². The van der Waals surface area contributed by atoms with Crippen LogP contribution >= 0.6 is 0 Å². The molecule has 0 radical (unpaired) electrons. The van der Waals surface area contributed by atoms with Crippen LogP contribution in [0.4, 0.5) is 8.78 Å². The molecule has 20 heavy (non-hydrogen) atoms. The van der Waals surface area contributed by atoms with Gasteiger partial charge in [-0.3, -0.25) is 0 Å². The summed E-state index contributed by atoms with van der Waals surface area (Å²) in [5, 5.41) is 0. The standard InChI is InChI=1S/C17H24F2O/c1-2-13-3-5-14(6-4-13)7-8-15-9-11-16(12-10-15)20-17(18)19/h9-14,17H,2-8H2,1H3/t13-,14-. The molecule has 3 heteroatoms. The van der Waals surface area contributed by atoms with E-state index in [0.717, 1.165) is 18.3 Å². The van der Waals surface area contributed by atoms with Crippen LogP contribution in [0.2, 0.25) is 0 Å². The van der Waals surface area contributed by atoms with Gasteiger partial charge in [0.2, 0.25) is 0 Å². The predicted molar refractivity (Wildman–Crippen MR) is 77.1 cm³/mol. The van der Waals surface area contributed by atoms with Gasteiger partial charge < -0.3 is 4.74 Å². The van der Waals surface area contributed by atoms with Gasteiger partial charge in [-0.1, -0.05) is 51.2 Å². The largest absolute Gasteiger partial charge is 0.435 e. The first kappa shape index (κ1) is 15.3. The Labute approximate surface area is 120 Å². The lowest BCUT2D eigenvalue weighted by Gasteiger charge is -2.27. The Morgan fingerprint density at radius 1 is 1.05 bits per heavy atom. The van der Waals surface area contributed by atoms with Crippen molar-refractivity contribution in [2.75, 3.05) is 0 Å². The van der Waals surface area contributed by atoms with Crippen LogP contribution in [0.25, 0.3) is 0 Å². The fourth-order valence-corrected chi connectivity index (χ4v) is 3.14. The van der Waals surface area contributed by atoms with Gasteiger partial charge in [0, 0.05) is 0 Å². The molecule has 0 N–H and O–H groups in total. The molecule has 1 nitrogen and oxygen atoms in total. The summed E-state index contributed by atoms with van der Waals surface area (Å²) in [6, 6.07) is 7.07. The molecule has 0 amide bonds. The minimum absolute atomic E-state index is 0.243. The lowest BCUT2D eigenvalue weighted by atomic mass is 9.78. The van der Waals surface area contributed by atoms with E-state index >= 15 is 0 Å². The highest BCUT2D eigenvalue weighted by Gasteiger charge is 2.19. The Morgan fingerprint density at radius 2 is 1.65 bits per heavy atom. The zero-order valence-corrected chi connectivity index (χ0v) is 12.2. The van der Waals surface area contributed by atoms with Crippen LogP contribution in [0.5, 0.6) is 5.75 Å². The first-order chi connectivity index (χ1) is 9.67. The molecule has 1 aliphatic carbocycles. The van der Waals surface area contributed by atoms with Gasteiger partial charge in [-0.25, -0.2) is 0 Å². The van der Waals surface area contributed by atoms with Crippen LogP contribution in [0, 0.1) is 11.8 Å². The third-order valence-electron chi connectivity index (χ3n) is 4.53. The topological polar surface area (TPSA) is 9.23 Å². The molecule has 1 aromatic rings. The van der Waals surface area contributed by atoms with Gasteiger partial charge in [-0.15, -0.1) is 0 Å². The molecule has 2 rings (SSSR count). The minimum Gasteiger partial charge on any atom is -0.435 e. The lowest BCUT2D eigenvalue weighted by molar-refractivity contribution is -0.0498. The molecule has 1 aliphatic rings. The molecule has 1 fully saturated rings. The number of aryl methyl sites for hydroxylation is 1. The van der Waals surface area contributed by atoms with Gasteiger partial charge in [0.25, 0.3) is 0 Å². The van der Waals surface area contributed by atoms with E-state index < -0.39 is 6.61 Å². The van der Waals surface area contributed by atoms with Crippen LogP contribution in [-0.2, 0) is 6.42 Å². The maximum Gasteiger partial charge on any atom is 0.387 e. The van der Waals surface area contributed by atoms with Crippen molar-refractivity contribution in [3.05, 3.63) is 29.8 Å². The molecule has 0 spiro atoms. The normalized spacial score (nSPS) is 23.0. The predicted octanol–water partition coefficient (Wildman–Crippen LogP) is 5.44. The van der Waals surface area contributed by atoms with Crippen LogP contribution < -0.4 is 4.74 Å². The number of ether oxygens (including phenoxy) is 1. The average molecular weight is 282 g/mol. The molecule has 0 unspecified atom stereocenters. The summed E-state index contributed by atoms with van der Waals surface area (Å²) in [5.74, 6) is 2.03. The summed E-state index contributed by atoms with van der Waals surface area (Å²) in [5.41, 5.74) is 1.21. The van der Waals surface area contributed by atoms with E-state index in [1.807, 2.05) is 12.1 Å². The van der Waals surface area contributed by atoms with Crippen molar-refractivity contribution in [2.45, 2.75) is 58.5 Å². The number of halogens is 2. The molecular formula is C17H24F2O. The number of hydrogen-bond acceptors (Lipinski definition) is 1. The van der Waals surface area contributed by atoms with Crippen LogP contribution in [-0.4, -0.2) is 6.61 Å². The van der Waals surface area contributed by atoms with Crippen molar-refractivity contribution in [2.24, 2.45) is 11.8 Å². The number of hydrogen-bond donors (Lipinski definition) is 0. The fourth-order valence-electron chi connectivity index (χ4n) is 3.14. The van der Waals surface area contributed by atoms with Gasteiger partial charge in [0.1, 0.15) is 5.75 Å². The third-order valence-corrected chi connectivity index (χ3v) is 4.53. The van der Waals surface area contributed by atoms with Crippen LogP contribution in [0.3, 0.4) is 0 Å². The first-order valence-electron chi connectivity index (χ1n) is 7.71. The lowest BCUT2D eigenvalue weighted by Crippen LogP contribution is -2.14. The van der Waals surface area contributed by atoms with Crippen LogP contribution in [0.15, 0.2) is 24.3 Å². The molecule has 0 heterocycles. The zero-order valence-electron chi connectivity index (χ0n) is 12.2. The summed E-state index contributed by atoms with van der Waals surface area (Å²) in [6.07, 6.45) is 9.03. The summed E-state index contributed by atoms with van der Waals surface area (Å²) >= 11 is 0. The molecule has 1 aromatic carbocycles. The monoisotopic (exact) mass is 282 g/mol. The van der Waals surface area contributed by atoms with Crippen molar-refractivity contribution < 1.29 is 13.5 Å². The molecule has 0 bridgehead atoms. The molecule has 0 atom stereocenters. The first-order valence-corrected chi connectivity index (χ1v) is 7.71. The van der Waals surface area contributed by atoms with Crippen molar-refractivity contribution >= 4 is 0 Å². The van der Waals surface area contributed by atoms with E-state index in [0.29, 0.717) is 0 Å². The average Bonchev–Trinajstić information content (AvgIpc) is 2.46. The van der Waals surface area contributed by atoms with Crippen molar-refractivity contribution in [3.8, 4) is 5.75 Å². The molecule has 1 saturated carbocycles. The van der Waals surface area contributed by atoms with Crippen molar-refractivity contribution in [1.82, 2.24) is 0 Å².